The van der Waals surface area contributed by atoms with Crippen LogP contribution in [-0.4, -0.2) is 61.5 Å². The van der Waals surface area contributed by atoms with Gasteiger partial charge in [-0.25, -0.2) is 28.7 Å². The van der Waals surface area contributed by atoms with Crippen molar-refractivity contribution in [3.8, 4) is 11.3 Å². The standard InChI is InChI=1S/C31H41F2N7O/c1-8-22(28(19(5)41)23-10-12-39(9-2)13-11-23)16-34-20(6)36-31-35-17-26(33)29(38-31)24-14-25(32)30-27(15-24)40(18(3)4)21(7)37-30/h8,14-19,23,28,41H,6,9-13H2,1-5,7H3,(H,35,36,38)/b22-8+,34-16-/t19-,28+/m1/s1. The van der Waals surface area contributed by atoms with Gasteiger partial charge in [0.2, 0.25) is 5.95 Å². The first kappa shape index (κ1) is 30.5. The lowest BCUT2D eigenvalue weighted by atomic mass is 9.77. The number of hydrogen-bond acceptors (Lipinski definition) is 7. The number of imidazole rings is 1. The van der Waals surface area contributed by atoms with Gasteiger partial charge in [-0.3, -0.25) is 0 Å². The van der Waals surface area contributed by atoms with E-state index in [2.05, 4.69) is 43.7 Å². The Morgan fingerprint density at radius 3 is 2.51 bits per heavy atom. The molecule has 0 amide bonds. The van der Waals surface area contributed by atoms with Crippen LogP contribution in [0, 0.1) is 30.4 Å². The highest BCUT2D eigenvalue weighted by molar-refractivity contribution is 5.83. The van der Waals surface area contributed by atoms with Crippen LogP contribution in [0.15, 0.2) is 47.4 Å². The Balaban J connectivity index is 1.54. The SMILES string of the molecule is C=C(/N=C\C(=C/C)[C@@H](C1CCN(CC)CC1)[C@@H](C)O)Nc1ncc(F)c(-c2cc(F)c3nc(C)n(C(C)C)c3c2)n1. The van der Waals surface area contributed by atoms with Crippen molar-refractivity contribution in [1.29, 1.82) is 0 Å². The van der Waals surface area contributed by atoms with Gasteiger partial charge in [0, 0.05) is 23.7 Å². The molecule has 0 bridgehead atoms. The van der Waals surface area contributed by atoms with Gasteiger partial charge in [-0.2, -0.15) is 0 Å². The quantitative estimate of drug-likeness (QED) is 0.281. The number of aryl methyl sites for hydroxylation is 1. The van der Waals surface area contributed by atoms with Gasteiger partial charge < -0.3 is 19.9 Å². The molecule has 1 saturated heterocycles. The summed E-state index contributed by atoms with van der Waals surface area (Å²) in [6.45, 7) is 18.7. The number of piperidine rings is 1. The number of rotatable bonds is 10. The number of benzene rings is 1. The van der Waals surface area contributed by atoms with E-state index in [1.54, 1.807) is 12.3 Å². The van der Waals surface area contributed by atoms with Crippen molar-refractivity contribution >= 4 is 23.2 Å². The maximum absolute atomic E-state index is 15.0. The molecule has 0 spiro atoms. The Hall–Kier alpha value is -3.50. The molecule has 0 aliphatic carbocycles. The fraction of sp³-hybridized carbons (Fsp3) is 0.484. The minimum Gasteiger partial charge on any atom is -0.393 e. The second-order valence-corrected chi connectivity index (χ2v) is 11.0. The molecule has 4 rings (SSSR count). The molecule has 1 aliphatic rings. The van der Waals surface area contributed by atoms with Crippen LogP contribution >= 0.6 is 0 Å². The zero-order valence-electron chi connectivity index (χ0n) is 24.8. The van der Waals surface area contributed by atoms with Crippen LogP contribution in [0.25, 0.3) is 22.3 Å². The average Bonchev–Trinajstić information content (AvgIpc) is 3.28. The Morgan fingerprint density at radius 2 is 1.90 bits per heavy atom. The summed E-state index contributed by atoms with van der Waals surface area (Å²) in [6, 6.07) is 2.98. The first-order valence-corrected chi connectivity index (χ1v) is 14.3. The van der Waals surface area contributed by atoms with E-state index in [1.807, 2.05) is 45.3 Å². The minimum absolute atomic E-state index is 0.0444. The van der Waals surface area contributed by atoms with E-state index in [9.17, 15) is 9.50 Å². The van der Waals surface area contributed by atoms with Crippen molar-refractivity contribution in [3.63, 3.8) is 0 Å². The van der Waals surface area contributed by atoms with Gasteiger partial charge in [-0.05, 0) is 90.7 Å². The molecule has 2 atom stereocenters. The average molecular weight is 566 g/mol. The third kappa shape index (κ3) is 6.70. The number of fused-ring (bicyclic) bond motifs is 1. The molecule has 220 valence electrons. The summed E-state index contributed by atoms with van der Waals surface area (Å²) < 4.78 is 31.8. The summed E-state index contributed by atoms with van der Waals surface area (Å²) in [5, 5.41) is 13.6. The number of nitrogens with zero attached hydrogens (tertiary/aromatic N) is 6. The second kappa shape index (κ2) is 13.0. The highest BCUT2D eigenvalue weighted by Crippen LogP contribution is 2.33. The predicted octanol–water partition coefficient (Wildman–Crippen LogP) is 6.29. The molecule has 8 nitrogen and oxygen atoms in total. The van der Waals surface area contributed by atoms with Gasteiger partial charge in [0.25, 0.3) is 0 Å². The Morgan fingerprint density at radius 1 is 1.20 bits per heavy atom. The lowest BCUT2D eigenvalue weighted by Gasteiger charge is -2.37. The van der Waals surface area contributed by atoms with Gasteiger partial charge in [0.15, 0.2) is 11.6 Å². The van der Waals surface area contributed by atoms with Gasteiger partial charge >= 0.3 is 0 Å². The molecule has 2 aromatic heterocycles. The molecule has 10 heteroatoms. The van der Waals surface area contributed by atoms with E-state index < -0.39 is 17.7 Å². The number of aliphatic imine (C=N–C) groups is 1. The molecule has 0 radical (unpaired) electrons. The maximum atomic E-state index is 15.0. The lowest BCUT2D eigenvalue weighted by Crippen LogP contribution is -2.39. The molecule has 41 heavy (non-hydrogen) atoms. The van der Waals surface area contributed by atoms with E-state index >= 15 is 4.39 Å². The first-order valence-electron chi connectivity index (χ1n) is 14.3. The van der Waals surface area contributed by atoms with Crippen molar-refractivity contribution < 1.29 is 13.9 Å². The molecular weight excluding hydrogens is 524 g/mol. The number of nitrogens with one attached hydrogen (secondary N) is 1. The number of aliphatic hydroxyl groups is 1. The summed E-state index contributed by atoms with van der Waals surface area (Å²) in [6.07, 6.45) is 6.23. The van der Waals surface area contributed by atoms with Gasteiger partial charge in [0.05, 0.1) is 17.8 Å². The third-order valence-electron chi connectivity index (χ3n) is 7.91. The van der Waals surface area contributed by atoms with Crippen LogP contribution in [0.5, 0.6) is 0 Å². The second-order valence-electron chi connectivity index (χ2n) is 11.0. The van der Waals surface area contributed by atoms with E-state index in [0.717, 1.165) is 44.2 Å². The third-order valence-corrected chi connectivity index (χ3v) is 7.91. The van der Waals surface area contributed by atoms with Crippen molar-refractivity contribution in [1.82, 2.24) is 24.4 Å². The van der Waals surface area contributed by atoms with Crippen LogP contribution in [0.3, 0.4) is 0 Å². The van der Waals surface area contributed by atoms with Crippen molar-refractivity contribution in [2.24, 2.45) is 16.8 Å². The minimum atomic E-state index is -0.680. The fourth-order valence-electron chi connectivity index (χ4n) is 5.93. The van der Waals surface area contributed by atoms with E-state index in [1.165, 1.54) is 6.07 Å². The zero-order valence-corrected chi connectivity index (χ0v) is 24.8. The van der Waals surface area contributed by atoms with Crippen molar-refractivity contribution in [3.05, 3.63) is 59.8 Å². The number of halogens is 2. The number of aliphatic hydroxyl groups excluding tert-OH is 1. The summed E-state index contributed by atoms with van der Waals surface area (Å²) in [5.74, 6) is 0.0933. The van der Waals surface area contributed by atoms with Gasteiger partial charge in [0.1, 0.15) is 22.9 Å². The fourth-order valence-corrected chi connectivity index (χ4v) is 5.93. The Bertz CT molecular complexity index is 1450. The van der Waals surface area contributed by atoms with E-state index in [0.29, 0.717) is 17.3 Å². The monoisotopic (exact) mass is 565 g/mol. The molecule has 2 N–H and O–H groups in total. The van der Waals surface area contributed by atoms with Crippen molar-refractivity contribution in [2.45, 2.75) is 66.5 Å². The smallest absolute Gasteiger partial charge is 0.229 e. The Kier molecular flexibility index (Phi) is 9.65. The van der Waals surface area contributed by atoms with Gasteiger partial charge in [-0.1, -0.05) is 19.6 Å². The topological polar surface area (TPSA) is 91.5 Å². The first-order chi connectivity index (χ1) is 19.5. The lowest BCUT2D eigenvalue weighted by molar-refractivity contribution is 0.0773. The number of hydrogen-bond donors (Lipinski definition) is 2. The molecular formula is C31H41F2N7O. The predicted molar refractivity (Wildman–Crippen MR) is 161 cm³/mol. The Labute approximate surface area is 240 Å². The number of anilines is 1. The molecule has 1 aromatic carbocycles. The molecule has 3 heterocycles. The number of aromatic nitrogens is 4. The molecule has 3 aromatic rings. The van der Waals surface area contributed by atoms with Crippen molar-refractivity contribution in [2.75, 3.05) is 25.0 Å². The summed E-state index contributed by atoms with van der Waals surface area (Å²) >= 11 is 0. The van der Waals surface area contributed by atoms with E-state index in [4.69, 9.17) is 0 Å². The van der Waals surface area contributed by atoms with Crippen LogP contribution in [0.4, 0.5) is 14.7 Å². The largest absolute Gasteiger partial charge is 0.393 e. The summed E-state index contributed by atoms with van der Waals surface area (Å²) in [4.78, 5) is 19.6. The molecule has 1 aliphatic heterocycles. The zero-order chi connectivity index (χ0) is 29.8. The molecule has 1 fully saturated rings. The highest BCUT2D eigenvalue weighted by Gasteiger charge is 2.31. The van der Waals surface area contributed by atoms with Crippen LogP contribution < -0.4 is 5.32 Å². The number of likely N-dealkylation sites (tertiary alicyclic amines) is 1. The molecule has 0 saturated carbocycles. The summed E-state index contributed by atoms with van der Waals surface area (Å²) in [5.41, 5.74) is 1.97. The van der Waals surface area contributed by atoms with Crippen LogP contribution in [0.2, 0.25) is 0 Å². The van der Waals surface area contributed by atoms with Crippen LogP contribution in [-0.2, 0) is 0 Å². The summed E-state index contributed by atoms with van der Waals surface area (Å²) in [7, 11) is 0. The maximum Gasteiger partial charge on any atom is 0.229 e. The molecule has 0 unspecified atom stereocenters. The normalized spacial score (nSPS) is 17.1. The van der Waals surface area contributed by atoms with E-state index in [-0.39, 0.29) is 40.5 Å². The highest BCUT2D eigenvalue weighted by atomic mass is 19.1. The van der Waals surface area contributed by atoms with Crippen LogP contribution in [0.1, 0.15) is 59.3 Å². The van der Waals surface area contributed by atoms with Gasteiger partial charge in [-0.15, -0.1) is 0 Å². The number of allylic oxidation sites excluding steroid dienone is 1.